The molecule has 2 atom stereocenters. The Kier molecular flexibility index (Phi) is 3.16. The lowest BCUT2D eigenvalue weighted by Gasteiger charge is -2.10. The van der Waals surface area contributed by atoms with E-state index in [2.05, 4.69) is 0 Å². The van der Waals surface area contributed by atoms with Crippen molar-refractivity contribution in [2.75, 3.05) is 6.67 Å². The normalized spacial score (nSPS) is 16.8. The lowest BCUT2D eigenvalue weighted by Crippen LogP contribution is -2.37. The molecule has 0 amide bonds. The maximum atomic E-state index is 11.7. The van der Waals surface area contributed by atoms with Gasteiger partial charge in [0.2, 0.25) is 0 Å². The molecule has 0 rings (SSSR count). The summed E-state index contributed by atoms with van der Waals surface area (Å²) in [6.45, 7) is 0.770. The minimum Gasteiger partial charge on any atom is -0.480 e. The molecule has 0 radical (unpaired) electrons. The summed E-state index contributed by atoms with van der Waals surface area (Å²) in [7, 11) is 0. The van der Waals surface area contributed by atoms with Gasteiger partial charge in [-0.15, -0.1) is 0 Å². The van der Waals surface area contributed by atoms with Crippen molar-refractivity contribution in [1.29, 1.82) is 0 Å². The first-order valence-corrected chi connectivity index (χ1v) is 2.64. The van der Waals surface area contributed by atoms with Crippen LogP contribution in [0, 0.1) is 5.92 Å². The smallest absolute Gasteiger partial charge is 0.320 e. The fraction of sp³-hybridized carbons (Fsp3) is 0.800. The largest absolute Gasteiger partial charge is 0.480 e. The third-order valence-corrected chi connectivity index (χ3v) is 1.14. The van der Waals surface area contributed by atoms with Crippen molar-refractivity contribution in [1.82, 2.24) is 0 Å². The zero-order valence-corrected chi connectivity index (χ0v) is 5.17. The quantitative estimate of drug-likeness (QED) is 0.572. The Morgan fingerprint density at radius 1 is 1.89 bits per heavy atom. The van der Waals surface area contributed by atoms with Crippen LogP contribution < -0.4 is 5.73 Å². The average molecular weight is 135 g/mol. The second kappa shape index (κ2) is 3.40. The standard InChI is InChI=1S/C5H10FNO2/c1-3(2-6)4(7)5(8)9/h3-4H,2,7H2,1H3,(H,8,9)/t3-,4?/m1/s1. The van der Waals surface area contributed by atoms with Gasteiger partial charge in [0.25, 0.3) is 0 Å². The second-order valence-electron chi connectivity index (χ2n) is 2.00. The van der Waals surface area contributed by atoms with Gasteiger partial charge in [0.15, 0.2) is 0 Å². The number of alkyl halides is 1. The van der Waals surface area contributed by atoms with E-state index >= 15 is 0 Å². The number of carbonyl (C=O) groups is 1. The van der Waals surface area contributed by atoms with E-state index in [1.807, 2.05) is 0 Å². The molecule has 0 aromatic carbocycles. The van der Waals surface area contributed by atoms with E-state index in [-0.39, 0.29) is 0 Å². The summed E-state index contributed by atoms with van der Waals surface area (Å²) in [4.78, 5) is 10.0. The lowest BCUT2D eigenvalue weighted by atomic mass is 10.1. The minimum absolute atomic E-state index is 0.595. The predicted octanol–water partition coefficient (Wildman–Crippen LogP) is 0.00390. The van der Waals surface area contributed by atoms with Crippen molar-refractivity contribution in [2.45, 2.75) is 13.0 Å². The van der Waals surface area contributed by atoms with Crippen LogP contribution in [-0.2, 0) is 4.79 Å². The van der Waals surface area contributed by atoms with E-state index in [1.165, 1.54) is 6.92 Å². The molecule has 9 heavy (non-hydrogen) atoms. The van der Waals surface area contributed by atoms with Gasteiger partial charge in [-0.1, -0.05) is 6.92 Å². The minimum atomic E-state index is -1.15. The van der Waals surface area contributed by atoms with E-state index in [1.54, 1.807) is 0 Å². The van der Waals surface area contributed by atoms with Crippen molar-refractivity contribution >= 4 is 5.97 Å². The summed E-state index contributed by atoms with van der Waals surface area (Å²) >= 11 is 0. The molecule has 54 valence electrons. The highest BCUT2D eigenvalue weighted by atomic mass is 19.1. The van der Waals surface area contributed by atoms with Gasteiger partial charge in [0.05, 0.1) is 6.67 Å². The summed E-state index contributed by atoms with van der Waals surface area (Å²) in [6, 6.07) is -1.07. The molecule has 0 aliphatic heterocycles. The number of nitrogens with two attached hydrogens (primary N) is 1. The fourth-order valence-electron chi connectivity index (χ4n) is 0.339. The molecule has 3 nitrogen and oxygen atoms in total. The van der Waals surface area contributed by atoms with E-state index < -0.39 is 24.6 Å². The van der Waals surface area contributed by atoms with Crippen LogP contribution in [0.5, 0.6) is 0 Å². The highest BCUT2D eigenvalue weighted by Crippen LogP contribution is 2.00. The topological polar surface area (TPSA) is 63.3 Å². The zero-order valence-electron chi connectivity index (χ0n) is 5.17. The average Bonchev–Trinajstić information content (AvgIpc) is 1.84. The molecule has 0 bridgehead atoms. The maximum absolute atomic E-state index is 11.7. The molecule has 0 aliphatic carbocycles. The van der Waals surface area contributed by atoms with E-state index in [4.69, 9.17) is 10.8 Å². The first-order chi connectivity index (χ1) is 4.09. The highest BCUT2D eigenvalue weighted by Gasteiger charge is 2.18. The molecule has 1 unspecified atom stereocenters. The van der Waals surface area contributed by atoms with Crippen LogP contribution >= 0.6 is 0 Å². The number of halogens is 1. The van der Waals surface area contributed by atoms with E-state index in [0.717, 1.165) is 0 Å². The number of hydrogen-bond donors (Lipinski definition) is 2. The molecule has 3 N–H and O–H groups in total. The molecule has 4 heteroatoms. The second-order valence-corrected chi connectivity index (χ2v) is 2.00. The van der Waals surface area contributed by atoms with E-state index in [9.17, 15) is 9.18 Å². The fourth-order valence-corrected chi connectivity index (χ4v) is 0.339. The number of hydrogen-bond acceptors (Lipinski definition) is 2. The van der Waals surface area contributed by atoms with Gasteiger partial charge < -0.3 is 10.8 Å². The summed E-state index contributed by atoms with van der Waals surface area (Å²) in [5, 5.41) is 8.19. The SMILES string of the molecule is C[C@H](CF)C(N)C(=O)O. The molecule has 0 aliphatic rings. The molecule has 0 saturated heterocycles. The Balaban J connectivity index is 3.72. The summed E-state index contributed by atoms with van der Waals surface area (Å²) in [5.74, 6) is -1.75. The third-order valence-electron chi connectivity index (χ3n) is 1.14. The third kappa shape index (κ3) is 2.41. The van der Waals surface area contributed by atoms with Gasteiger partial charge >= 0.3 is 5.97 Å². The Labute approximate surface area is 52.7 Å². The lowest BCUT2D eigenvalue weighted by molar-refractivity contribution is -0.139. The van der Waals surface area contributed by atoms with Gasteiger partial charge in [-0.3, -0.25) is 9.18 Å². The van der Waals surface area contributed by atoms with Crippen molar-refractivity contribution in [2.24, 2.45) is 11.7 Å². The van der Waals surface area contributed by atoms with E-state index in [0.29, 0.717) is 0 Å². The van der Waals surface area contributed by atoms with Gasteiger partial charge in [-0.25, -0.2) is 0 Å². The van der Waals surface area contributed by atoms with Crippen molar-refractivity contribution < 1.29 is 14.3 Å². The molecule has 0 aromatic rings. The van der Waals surface area contributed by atoms with Crippen LogP contribution in [0.3, 0.4) is 0 Å². The van der Waals surface area contributed by atoms with Crippen LogP contribution in [0.2, 0.25) is 0 Å². The van der Waals surface area contributed by atoms with Gasteiger partial charge in [0, 0.05) is 5.92 Å². The van der Waals surface area contributed by atoms with Crippen LogP contribution in [-0.4, -0.2) is 23.8 Å². The number of rotatable bonds is 3. The Hall–Kier alpha value is -0.640. The van der Waals surface area contributed by atoms with Gasteiger partial charge in [0.1, 0.15) is 6.04 Å². The highest BCUT2D eigenvalue weighted by molar-refractivity contribution is 5.73. The first kappa shape index (κ1) is 8.36. The number of carboxylic acids is 1. The number of aliphatic carboxylic acids is 1. The monoisotopic (exact) mass is 135 g/mol. The molecule has 0 saturated carbocycles. The number of carboxylic acid groups (broad SMARTS) is 1. The molecule has 0 aromatic heterocycles. The summed E-state index contributed by atoms with van der Waals surface area (Å²) in [6.07, 6.45) is 0. The Morgan fingerprint density at radius 2 is 2.33 bits per heavy atom. The van der Waals surface area contributed by atoms with Gasteiger partial charge in [-0.05, 0) is 0 Å². The van der Waals surface area contributed by atoms with Crippen LogP contribution in [0.1, 0.15) is 6.92 Å². The van der Waals surface area contributed by atoms with Crippen LogP contribution in [0.25, 0.3) is 0 Å². The molecule has 0 fully saturated rings. The zero-order chi connectivity index (χ0) is 7.44. The van der Waals surface area contributed by atoms with Crippen molar-refractivity contribution in [3.8, 4) is 0 Å². The molecule has 0 spiro atoms. The van der Waals surface area contributed by atoms with Crippen LogP contribution in [0.4, 0.5) is 4.39 Å². The summed E-state index contributed by atoms with van der Waals surface area (Å²) < 4.78 is 11.7. The van der Waals surface area contributed by atoms with Crippen LogP contribution in [0.15, 0.2) is 0 Å². The molecule has 0 heterocycles. The summed E-state index contributed by atoms with van der Waals surface area (Å²) in [5.41, 5.74) is 5.03. The van der Waals surface area contributed by atoms with Gasteiger partial charge in [-0.2, -0.15) is 0 Å². The van der Waals surface area contributed by atoms with Crippen molar-refractivity contribution in [3.05, 3.63) is 0 Å². The molecular weight excluding hydrogens is 125 g/mol. The Bertz CT molecular complexity index is 107. The maximum Gasteiger partial charge on any atom is 0.320 e. The molecular formula is C5H10FNO2. The van der Waals surface area contributed by atoms with Crippen molar-refractivity contribution in [3.63, 3.8) is 0 Å². The Morgan fingerprint density at radius 3 is 2.44 bits per heavy atom. The first-order valence-electron chi connectivity index (χ1n) is 2.64. The predicted molar refractivity (Wildman–Crippen MR) is 30.8 cm³/mol.